The highest BCUT2D eigenvalue weighted by molar-refractivity contribution is 8.00. The van der Waals surface area contributed by atoms with Crippen LogP contribution in [0.1, 0.15) is 6.92 Å². The number of carbonyl (C=O) groups excluding carboxylic acids is 1. The van der Waals surface area contributed by atoms with Crippen molar-refractivity contribution in [3.63, 3.8) is 0 Å². The number of aromatic amines is 1. The zero-order valence-electron chi connectivity index (χ0n) is 13.2. The molecule has 0 aliphatic carbocycles. The first-order chi connectivity index (χ1) is 11.9. The van der Waals surface area contributed by atoms with Gasteiger partial charge in [0, 0.05) is 12.2 Å². The number of nitrogens with one attached hydrogen (secondary N) is 2. The van der Waals surface area contributed by atoms with Gasteiger partial charge in [-0.05, 0) is 31.2 Å². The molecule has 0 unspecified atom stereocenters. The van der Waals surface area contributed by atoms with Gasteiger partial charge in [-0.3, -0.25) is 9.36 Å². The third-order valence-corrected chi connectivity index (χ3v) is 4.12. The van der Waals surface area contributed by atoms with Gasteiger partial charge in [-0.2, -0.15) is 8.78 Å². The minimum Gasteiger partial charge on any atom is -0.435 e. The van der Waals surface area contributed by atoms with Crippen LogP contribution >= 0.6 is 11.8 Å². The zero-order valence-corrected chi connectivity index (χ0v) is 14.1. The summed E-state index contributed by atoms with van der Waals surface area (Å²) in [6, 6.07) is 5.56. The number of H-pyrrole nitrogens is 1. The van der Waals surface area contributed by atoms with Crippen molar-refractivity contribution >= 4 is 23.4 Å². The summed E-state index contributed by atoms with van der Waals surface area (Å²) in [5, 5.41) is 8.67. The lowest BCUT2D eigenvalue weighted by atomic mass is 10.3. The summed E-state index contributed by atoms with van der Waals surface area (Å²) in [7, 11) is 0. The van der Waals surface area contributed by atoms with Crippen molar-refractivity contribution in [2.45, 2.75) is 30.5 Å². The van der Waals surface area contributed by atoms with Crippen LogP contribution in [0.2, 0.25) is 0 Å². The number of thioether (sulfide) groups is 1. The van der Waals surface area contributed by atoms with Gasteiger partial charge >= 0.3 is 12.3 Å². The van der Waals surface area contributed by atoms with Crippen molar-refractivity contribution < 1.29 is 18.3 Å². The molecule has 0 aliphatic heterocycles. The van der Waals surface area contributed by atoms with E-state index in [4.69, 9.17) is 0 Å². The van der Waals surface area contributed by atoms with Gasteiger partial charge in [-0.15, -0.1) is 11.7 Å². The first-order valence-electron chi connectivity index (χ1n) is 7.19. The van der Waals surface area contributed by atoms with Crippen LogP contribution in [0.15, 0.2) is 46.9 Å². The van der Waals surface area contributed by atoms with Crippen LogP contribution in [0.4, 0.5) is 14.5 Å². The van der Waals surface area contributed by atoms with Crippen molar-refractivity contribution in [1.82, 2.24) is 14.8 Å². The van der Waals surface area contributed by atoms with Gasteiger partial charge in [0.25, 0.3) is 0 Å². The molecule has 0 fully saturated rings. The highest BCUT2D eigenvalue weighted by atomic mass is 32.2. The molecule has 10 heteroatoms. The van der Waals surface area contributed by atoms with Gasteiger partial charge in [0.2, 0.25) is 5.91 Å². The number of halogens is 2. The summed E-state index contributed by atoms with van der Waals surface area (Å²) in [6.45, 7) is 2.60. The fourth-order valence-corrected chi connectivity index (χ4v) is 2.72. The van der Waals surface area contributed by atoms with Crippen LogP contribution in [0.5, 0.6) is 5.75 Å². The average molecular weight is 370 g/mol. The first-order valence-corrected chi connectivity index (χ1v) is 8.07. The molecule has 2 aromatic rings. The first kappa shape index (κ1) is 18.7. The van der Waals surface area contributed by atoms with Crippen LogP contribution in [0, 0.1) is 0 Å². The van der Waals surface area contributed by atoms with Gasteiger partial charge in [0.1, 0.15) is 5.75 Å². The quantitative estimate of drug-likeness (QED) is 0.550. The molecular weight excluding hydrogens is 354 g/mol. The maximum Gasteiger partial charge on any atom is 0.387 e. The summed E-state index contributed by atoms with van der Waals surface area (Å²) in [4.78, 5) is 23.8. The number of anilines is 1. The maximum atomic E-state index is 12.2. The van der Waals surface area contributed by atoms with Gasteiger partial charge in [0.05, 0.1) is 5.25 Å². The summed E-state index contributed by atoms with van der Waals surface area (Å²) in [6.07, 6.45) is 1.55. The fraction of sp³-hybridized carbons (Fsp3) is 0.267. The van der Waals surface area contributed by atoms with Crippen LogP contribution in [-0.4, -0.2) is 32.5 Å². The Morgan fingerprint density at radius 3 is 2.76 bits per heavy atom. The Hall–Kier alpha value is -2.62. The van der Waals surface area contributed by atoms with E-state index < -0.39 is 11.9 Å². The molecule has 1 atom stereocenters. The fourth-order valence-electron chi connectivity index (χ4n) is 1.86. The van der Waals surface area contributed by atoms with E-state index >= 15 is 0 Å². The molecule has 2 rings (SSSR count). The number of aromatic nitrogens is 3. The Morgan fingerprint density at radius 2 is 2.16 bits per heavy atom. The smallest absolute Gasteiger partial charge is 0.387 e. The number of benzene rings is 1. The monoisotopic (exact) mass is 370 g/mol. The predicted octanol–water partition coefficient (Wildman–Crippen LogP) is 2.48. The number of hydrogen-bond donors (Lipinski definition) is 2. The number of amides is 1. The van der Waals surface area contributed by atoms with Crippen LogP contribution in [0.25, 0.3) is 0 Å². The lowest BCUT2D eigenvalue weighted by Gasteiger charge is -2.12. The van der Waals surface area contributed by atoms with E-state index in [1.54, 1.807) is 13.0 Å². The van der Waals surface area contributed by atoms with Crippen molar-refractivity contribution in [3.05, 3.63) is 47.4 Å². The number of allylic oxidation sites excluding steroid dienone is 1. The third-order valence-electron chi connectivity index (χ3n) is 3.03. The van der Waals surface area contributed by atoms with E-state index in [9.17, 15) is 18.4 Å². The highest BCUT2D eigenvalue weighted by Gasteiger charge is 2.19. The number of alkyl halides is 2. The second-order valence-corrected chi connectivity index (χ2v) is 6.17. The molecule has 7 nitrogen and oxygen atoms in total. The minimum absolute atomic E-state index is 0.000359. The molecule has 25 heavy (non-hydrogen) atoms. The molecule has 0 bridgehead atoms. The van der Waals surface area contributed by atoms with Crippen LogP contribution in [-0.2, 0) is 11.3 Å². The Kier molecular flexibility index (Phi) is 6.34. The normalized spacial score (nSPS) is 12.0. The van der Waals surface area contributed by atoms with Gasteiger partial charge in [-0.1, -0.05) is 17.8 Å². The predicted molar refractivity (Wildman–Crippen MR) is 90.1 cm³/mol. The number of carbonyl (C=O) groups is 1. The Morgan fingerprint density at radius 1 is 1.48 bits per heavy atom. The molecular formula is C15H16F2N4O3S. The molecule has 134 valence electrons. The Bertz CT molecular complexity index is 789. The molecule has 0 saturated carbocycles. The molecule has 1 heterocycles. The molecule has 0 radical (unpaired) electrons. The molecule has 0 spiro atoms. The van der Waals surface area contributed by atoms with E-state index in [1.165, 1.54) is 28.8 Å². The number of nitrogens with zero attached hydrogens (tertiary/aromatic N) is 2. The SMILES string of the molecule is C=CCn1c(S[C@H](C)C(=O)Nc2ccc(OC(F)F)cc2)n[nH]c1=O. The summed E-state index contributed by atoms with van der Waals surface area (Å²) in [5.74, 6) is -0.325. The molecule has 2 N–H and O–H groups in total. The molecule has 1 aromatic carbocycles. The molecule has 1 amide bonds. The van der Waals surface area contributed by atoms with Crippen LogP contribution in [0.3, 0.4) is 0 Å². The van der Waals surface area contributed by atoms with E-state index in [2.05, 4.69) is 26.8 Å². The van der Waals surface area contributed by atoms with Crippen molar-refractivity contribution in [2.24, 2.45) is 0 Å². The van der Waals surface area contributed by atoms with E-state index in [-0.39, 0.29) is 23.9 Å². The molecule has 1 aromatic heterocycles. The minimum atomic E-state index is -2.90. The topological polar surface area (TPSA) is 89.0 Å². The number of ether oxygens (including phenoxy) is 1. The molecule has 0 saturated heterocycles. The van der Waals surface area contributed by atoms with E-state index in [0.717, 1.165) is 11.8 Å². The summed E-state index contributed by atoms with van der Waals surface area (Å²) >= 11 is 1.11. The van der Waals surface area contributed by atoms with E-state index in [0.29, 0.717) is 10.8 Å². The standard InChI is InChI=1S/C15H16F2N4O3S/c1-3-8-21-14(23)19-20-15(21)25-9(2)12(22)18-10-4-6-11(7-5-10)24-13(16)17/h3-7,9,13H,1,8H2,2H3,(H,18,22)(H,19,23)/t9-/m1/s1. The van der Waals surface area contributed by atoms with E-state index in [1.807, 2.05) is 0 Å². The van der Waals surface area contributed by atoms with Gasteiger partial charge in [0.15, 0.2) is 5.16 Å². The van der Waals surface area contributed by atoms with Crippen molar-refractivity contribution in [2.75, 3.05) is 5.32 Å². The second kappa shape index (κ2) is 8.47. The van der Waals surface area contributed by atoms with Crippen LogP contribution < -0.4 is 15.7 Å². The Balaban J connectivity index is 1.98. The Labute approximate surface area is 146 Å². The van der Waals surface area contributed by atoms with Crippen molar-refractivity contribution in [3.8, 4) is 5.75 Å². The lowest BCUT2D eigenvalue weighted by Crippen LogP contribution is -2.23. The van der Waals surface area contributed by atoms with Gasteiger partial charge < -0.3 is 10.1 Å². The zero-order chi connectivity index (χ0) is 18.4. The summed E-state index contributed by atoms with van der Waals surface area (Å²) in [5.41, 5.74) is 0.0502. The maximum absolute atomic E-state index is 12.2. The second-order valence-electron chi connectivity index (χ2n) is 4.86. The summed E-state index contributed by atoms with van der Waals surface area (Å²) < 4.78 is 29.8. The highest BCUT2D eigenvalue weighted by Crippen LogP contribution is 2.22. The third kappa shape index (κ3) is 5.18. The number of rotatable bonds is 8. The van der Waals surface area contributed by atoms with Crippen molar-refractivity contribution in [1.29, 1.82) is 0 Å². The average Bonchev–Trinajstić information content (AvgIpc) is 2.90. The lowest BCUT2D eigenvalue weighted by molar-refractivity contribution is -0.115. The molecule has 0 aliphatic rings. The van der Waals surface area contributed by atoms with Gasteiger partial charge in [-0.25, -0.2) is 9.89 Å². The number of hydrogen-bond acceptors (Lipinski definition) is 5. The largest absolute Gasteiger partial charge is 0.435 e.